The molecule has 0 saturated carbocycles. The average molecular weight is 300 g/mol. The van der Waals surface area contributed by atoms with Crippen molar-refractivity contribution in [1.29, 1.82) is 0 Å². The maximum absolute atomic E-state index is 4.58. The van der Waals surface area contributed by atoms with Gasteiger partial charge in [0.25, 0.3) is 0 Å². The van der Waals surface area contributed by atoms with Gasteiger partial charge in [-0.2, -0.15) is 0 Å². The van der Waals surface area contributed by atoms with Crippen LogP contribution in [-0.2, 0) is 0 Å². The van der Waals surface area contributed by atoms with Crippen molar-refractivity contribution in [3.63, 3.8) is 0 Å². The van der Waals surface area contributed by atoms with Crippen LogP contribution in [0.15, 0.2) is 46.5 Å². The van der Waals surface area contributed by atoms with E-state index in [0.29, 0.717) is 0 Å². The van der Waals surface area contributed by atoms with E-state index < -0.39 is 0 Å². The first-order valence-electron chi connectivity index (χ1n) is 7.41. The zero-order valence-electron chi connectivity index (χ0n) is 12.5. The maximum Gasteiger partial charge on any atom is 0.148 e. The third-order valence-corrected chi connectivity index (χ3v) is 4.84. The van der Waals surface area contributed by atoms with Crippen LogP contribution in [-0.4, -0.2) is 41.0 Å². The van der Waals surface area contributed by atoms with Gasteiger partial charge in [-0.25, -0.2) is 9.97 Å². The van der Waals surface area contributed by atoms with Gasteiger partial charge in [-0.15, -0.1) is 0 Å². The van der Waals surface area contributed by atoms with Crippen molar-refractivity contribution in [3.05, 3.63) is 36.7 Å². The molecule has 2 aromatic heterocycles. The summed E-state index contributed by atoms with van der Waals surface area (Å²) >= 11 is 1.75. The molecule has 0 unspecified atom stereocenters. The predicted octanol–water partition coefficient (Wildman–Crippen LogP) is 3.42. The highest BCUT2D eigenvalue weighted by Gasteiger charge is 2.25. The van der Waals surface area contributed by atoms with Crippen LogP contribution in [0.1, 0.15) is 13.8 Å². The van der Waals surface area contributed by atoms with Crippen LogP contribution in [0.4, 0.5) is 11.6 Å². The molecule has 0 fully saturated rings. The minimum atomic E-state index is 0.913. The van der Waals surface area contributed by atoms with Crippen LogP contribution in [0.3, 0.4) is 0 Å². The summed E-state index contributed by atoms with van der Waals surface area (Å²) in [5, 5.41) is 0. The fourth-order valence-electron chi connectivity index (χ4n) is 2.54. The molecular formula is C16H20N4S. The summed E-state index contributed by atoms with van der Waals surface area (Å²) in [7, 11) is 0. The van der Waals surface area contributed by atoms with Crippen molar-refractivity contribution in [2.24, 2.45) is 0 Å². The third-order valence-electron chi connectivity index (χ3n) is 3.77. The molecule has 3 heterocycles. The van der Waals surface area contributed by atoms with Gasteiger partial charge in [0.1, 0.15) is 11.6 Å². The molecule has 0 N–H and O–H groups in total. The first-order valence-corrected chi connectivity index (χ1v) is 8.23. The quantitative estimate of drug-likeness (QED) is 0.845. The molecule has 0 saturated heterocycles. The number of hydrogen-bond acceptors (Lipinski definition) is 5. The van der Waals surface area contributed by atoms with E-state index in [9.17, 15) is 0 Å². The van der Waals surface area contributed by atoms with Gasteiger partial charge in [0.05, 0.1) is 9.79 Å². The van der Waals surface area contributed by atoms with E-state index >= 15 is 0 Å². The lowest BCUT2D eigenvalue weighted by molar-refractivity contribution is 0.311. The molecular weight excluding hydrogens is 280 g/mol. The Labute approximate surface area is 130 Å². The van der Waals surface area contributed by atoms with E-state index in [1.807, 2.05) is 24.5 Å². The number of pyridine rings is 2. The van der Waals surface area contributed by atoms with E-state index in [2.05, 4.69) is 45.7 Å². The summed E-state index contributed by atoms with van der Waals surface area (Å²) in [6, 6.07) is 8.26. The van der Waals surface area contributed by atoms with E-state index in [0.717, 1.165) is 37.8 Å². The minimum absolute atomic E-state index is 0.913. The summed E-state index contributed by atoms with van der Waals surface area (Å²) in [4.78, 5) is 16.2. The third kappa shape index (κ3) is 2.89. The molecule has 110 valence electrons. The van der Waals surface area contributed by atoms with Gasteiger partial charge in [-0.3, -0.25) is 0 Å². The number of rotatable bonds is 5. The largest absolute Gasteiger partial charge is 0.308 e. The second kappa shape index (κ2) is 6.45. The summed E-state index contributed by atoms with van der Waals surface area (Å²) in [6.45, 7) is 8.48. The summed E-state index contributed by atoms with van der Waals surface area (Å²) < 4.78 is 0. The summed E-state index contributed by atoms with van der Waals surface area (Å²) in [5.74, 6) is 2.06. The Morgan fingerprint density at radius 2 is 1.57 bits per heavy atom. The molecule has 3 rings (SSSR count). The molecule has 0 aliphatic carbocycles. The molecule has 21 heavy (non-hydrogen) atoms. The Morgan fingerprint density at radius 1 is 1.00 bits per heavy atom. The van der Waals surface area contributed by atoms with Gasteiger partial charge >= 0.3 is 0 Å². The molecule has 0 aromatic carbocycles. The normalized spacial score (nSPS) is 13.2. The van der Waals surface area contributed by atoms with Crippen LogP contribution >= 0.6 is 11.8 Å². The molecule has 0 spiro atoms. The first kappa shape index (κ1) is 14.4. The second-order valence-electron chi connectivity index (χ2n) is 4.93. The lowest BCUT2D eigenvalue weighted by Gasteiger charge is -2.31. The van der Waals surface area contributed by atoms with Gasteiger partial charge in [-0.1, -0.05) is 25.6 Å². The van der Waals surface area contributed by atoms with Gasteiger partial charge in [0.2, 0.25) is 0 Å². The Morgan fingerprint density at radius 3 is 2.10 bits per heavy atom. The Kier molecular flexibility index (Phi) is 4.41. The van der Waals surface area contributed by atoms with Crippen LogP contribution in [0.2, 0.25) is 0 Å². The predicted molar refractivity (Wildman–Crippen MR) is 87.4 cm³/mol. The van der Waals surface area contributed by atoms with Crippen molar-refractivity contribution in [2.45, 2.75) is 23.6 Å². The number of fused-ring (bicyclic) bond motifs is 2. The van der Waals surface area contributed by atoms with Gasteiger partial charge in [0.15, 0.2) is 0 Å². The lowest BCUT2D eigenvalue weighted by Crippen LogP contribution is -2.34. The highest BCUT2D eigenvalue weighted by Crippen LogP contribution is 2.45. The highest BCUT2D eigenvalue weighted by molar-refractivity contribution is 7.99. The van der Waals surface area contributed by atoms with Crippen LogP contribution in [0, 0.1) is 0 Å². The topological polar surface area (TPSA) is 32.3 Å². The number of nitrogens with zero attached hydrogens (tertiary/aromatic N) is 4. The molecule has 0 amide bonds. The number of aromatic nitrogens is 2. The Hall–Kier alpha value is -1.59. The van der Waals surface area contributed by atoms with Crippen LogP contribution in [0.25, 0.3) is 0 Å². The minimum Gasteiger partial charge on any atom is -0.308 e. The molecule has 0 bridgehead atoms. The monoisotopic (exact) mass is 300 g/mol. The number of likely N-dealkylation sites (N-methyl/N-ethyl adjacent to an activating group) is 1. The SMILES string of the molecule is CCN(CC)CCN1c2ncccc2Sc2cccnc21. The zero-order valence-corrected chi connectivity index (χ0v) is 13.3. The Balaban J connectivity index is 1.91. The standard InChI is InChI=1S/C16H20N4S/c1-3-19(4-2)11-12-20-15-13(7-5-9-17-15)21-14-8-6-10-18-16(14)20/h5-10H,3-4,11-12H2,1-2H3. The zero-order chi connectivity index (χ0) is 14.7. The van der Waals surface area contributed by atoms with E-state index in [1.54, 1.807) is 11.8 Å². The summed E-state index contributed by atoms with van der Waals surface area (Å²) in [5.41, 5.74) is 0. The fourth-order valence-corrected chi connectivity index (χ4v) is 3.58. The van der Waals surface area contributed by atoms with Gasteiger partial charge in [-0.05, 0) is 37.4 Å². The van der Waals surface area contributed by atoms with Gasteiger partial charge < -0.3 is 9.80 Å². The van der Waals surface area contributed by atoms with Crippen molar-refractivity contribution in [1.82, 2.24) is 14.9 Å². The Bertz CT molecular complexity index is 567. The molecule has 4 nitrogen and oxygen atoms in total. The van der Waals surface area contributed by atoms with Crippen molar-refractivity contribution >= 4 is 23.4 Å². The van der Waals surface area contributed by atoms with Crippen molar-refractivity contribution in [2.75, 3.05) is 31.1 Å². The van der Waals surface area contributed by atoms with E-state index in [4.69, 9.17) is 0 Å². The second-order valence-corrected chi connectivity index (χ2v) is 6.01. The smallest absolute Gasteiger partial charge is 0.148 e. The first-order chi connectivity index (χ1) is 10.3. The lowest BCUT2D eigenvalue weighted by atomic mass is 10.3. The van der Waals surface area contributed by atoms with E-state index in [1.165, 1.54) is 9.79 Å². The molecule has 5 heteroatoms. The molecule has 0 radical (unpaired) electrons. The van der Waals surface area contributed by atoms with Gasteiger partial charge in [0, 0.05) is 25.5 Å². The van der Waals surface area contributed by atoms with Crippen LogP contribution in [0.5, 0.6) is 0 Å². The van der Waals surface area contributed by atoms with Crippen LogP contribution < -0.4 is 4.90 Å². The van der Waals surface area contributed by atoms with E-state index in [-0.39, 0.29) is 0 Å². The molecule has 1 aliphatic rings. The average Bonchev–Trinajstić information content (AvgIpc) is 2.54. The van der Waals surface area contributed by atoms with Crippen molar-refractivity contribution in [3.8, 4) is 0 Å². The number of hydrogen-bond donors (Lipinski definition) is 0. The van der Waals surface area contributed by atoms with Crippen molar-refractivity contribution < 1.29 is 0 Å². The fraction of sp³-hybridized carbons (Fsp3) is 0.375. The molecule has 1 aliphatic heterocycles. The summed E-state index contributed by atoms with van der Waals surface area (Å²) in [6.07, 6.45) is 3.72. The molecule has 2 aromatic rings. The molecule has 0 atom stereocenters. The highest BCUT2D eigenvalue weighted by atomic mass is 32.2. The number of anilines is 2. The maximum atomic E-state index is 4.58.